The summed E-state index contributed by atoms with van der Waals surface area (Å²) in [5.74, 6) is 0.178. The van der Waals surface area contributed by atoms with Crippen LogP contribution in [0, 0.1) is 11.8 Å². The van der Waals surface area contributed by atoms with Gasteiger partial charge in [-0.05, 0) is 36.5 Å². The minimum absolute atomic E-state index is 0.0388. The molecule has 1 aliphatic rings. The van der Waals surface area contributed by atoms with Crippen LogP contribution in [0.25, 0.3) is 0 Å². The maximum atomic E-state index is 12.6. The van der Waals surface area contributed by atoms with Gasteiger partial charge < -0.3 is 11.5 Å². The number of anilines is 1. The third-order valence-electron chi connectivity index (χ3n) is 4.04. The van der Waals surface area contributed by atoms with Crippen LogP contribution in [-0.2, 0) is 10.0 Å². The van der Waals surface area contributed by atoms with Crippen LogP contribution in [0.2, 0.25) is 0 Å². The molecular formula is C14H21N3O3S. The largest absolute Gasteiger partial charge is 0.398 e. The molecule has 116 valence electrons. The van der Waals surface area contributed by atoms with E-state index >= 15 is 0 Å². The zero-order valence-corrected chi connectivity index (χ0v) is 13.1. The first kappa shape index (κ1) is 15.8. The van der Waals surface area contributed by atoms with Crippen molar-refractivity contribution in [1.82, 2.24) is 4.31 Å². The van der Waals surface area contributed by atoms with Gasteiger partial charge in [0.15, 0.2) is 0 Å². The fraction of sp³-hybridized carbons (Fsp3) is 0.500. The fourth-order valence-electron chi connectivity index (χ4n) is 2.59. The summed E-state index contributed by atoms with van der Waals surface area (Å²) in [5.41, 5.74) is 11.2. The first-order valence-corrected chi connectivity index (χ1v) is 8.37. The summed E-state index contributed by atoms with van der Waals surface area (Å²) in [7, 11) is -3.62. The lowest BCUT2D eigenvalue weighted by molar-refractivity contribution is 0.1000. The molecule has 0 spiro atoms. The van der Waals surface area contributed by atoms with Crippen molar-refractivity contribution in [3.8, 4) is 0 Å². The second kappa shape index (κ2) is 5.65. The molecule has 7 heteroatoms. The van der Waals surface area contributed by atoms with Crippen molar-refractivity contribution in [3.63, 3.8) is 0 Å². The Morgan fingerprint density at radius 3 is 2.52 bits per heavy atom. The zero-order chi connectivity index (χ0) is 15.8. The molecule has 0 aromatic heterocycles. The topological polar surface area (TPSA) is 106 Å². The molecule has 1 fully saturated rings. The van der Waals surface area contributed by atoms with E-state index in [1.807, 2.05) is 0 Å². The highest BCUT2D eigenvalue weighted by atomic mass is 32.2. The van der Waals surface area contributed by atoms with E-state index in [-0.39, 0.29) is 16.1 Å². The van der Waals surface area contributed by atoms with Crippen molar-refractivity contribution in [1.29, 1.82) is 0 Å². The number of carbonyl (C=O) groups excluding carboxylic acids is 1. The van der Waals surface area contributed by atoms with Crippen molar-refractivity contribution >= 4 is 21.6 Å². The molecule has 0 radical (unpaired) electrons. The van der Waals surface area contributed by atoms with Crippen LogP contribution >= 0.6 is 0 Å². The van der Waals surface area contributed by atoms with Gasteiger partial charge in [0.1, 0.15) is 4.90 Å². The minimum atomic E-state index is -3.62. The second-order valence-corrected chi connectivity index (χ2v) is 7.68. The second-order valence-electron chi connectivity index (χ2n) is 5.77. The maximum absolute atomic E-state index is 12.6. The Morgan fingerprint density at radius 2 is 2.05 bits per heavy atom. The van der Waals surface area contributed by atoms with Gasteiger partial charge >= 0.3 is 0 Å². The smallest absolute Gasteiger partial charge is 0.248 e. The van der Waals surface area contributed by atoms with Crippen LogP contribution in [0.5, 0.6) is 0 Å². The van der Waals surface area contributed by atoms with Crippen LogP contribution in [0.15, 0.2) is 23.1 Å². The molecule has 2 rings (SSSR count). The number of nitrogens with two attached hydrogens (primary N) is 2. The predicted octanol–water partition coefficient (Wildman–Crippen LogP) is 1.03. The van der Waals surface area contributed by atoms with E-state index in [1.54, 1.807) is 0 Å². The van der Waals surface area contributed by atoms with E-state index in [0.29, 0.717) is 24.9 Å². The van der Waals surface area contributed by atoms with Gasteiger partial charge in [0, 0.05) is 18.7 Å². The first-order chi connectivity index (χ1) is 9.73. The van der Waals surface area contributed by atoms with E-state index in [0.717, 1.165) is 6.42 Å². The molecule has 1 amide bonds. The summed E-state index contributed by atoms with van der Waals surface area (Å²) in [6, 6.07) is 4.06. The van der Waals surface area contributed by atoms with Gasteiger partial charge in [0.05, 0.1) is 5.69 Å². The highest BCUT2D eigenvalue weighted by Crippen LogP contribution is 2.30. The Bertz CT molecular complexity index is 655. The Hall–Kier alpha value is -1.60. The number of hydrogen-bond donors (Lipinski definition) is 2. The average molecular weight is 311 g/mol. The lowest BCUT2D eigenvalue weighted by Gasteiger charge is -2.19. The molecule has 0 aliphatic carbocycles. The van der Waals surface area contributed by atoms with Crippen molar-refractivity contribution < 1.29 is 13.2 Å². The zero-order valence-electron chi connectivity index (χ0n) is 12.2. The van der Waals surface area contributed by atoms with Crippen LogP contribution in [0.1, 0.15) is 30.6 Å². The van der Waals surface area contributed by atoms with Crippen LogP contribution in [0.3, 0.4) is 0 Å². The van der Waals surface area contributed by atoms with Crippen LogP contribution < -0.4 is 11.5 Å². The van der Waals surface area contributed by atoms with E-state index in [9.17, 15) is 13.2 Å². The molecule has 0 bridgehead atoms. The normalized spacial score (nSPS) is 20.0. The molecule has 0 saturated carbocycles. The quantitative estimate of drug-likeness (QED) is 0.810. The third-order valence-corrected chi connectivity index (χ3v) is 5.98. The summed E-state index contributed by atoms with van der Waals surface area (Å²) in [6.45, 7) is 5.20. The van der Waals surface area contributed by atoms with Crippen molar-refractivity contribution in [2.45, 2.75) is 25.2 Å². The van der Waals surface area contributed by atoms with Gasteiger partial charge in [-0.3, -0.25) is 4.79 Å². The molecule has 1 saturated heterocycles. The molecule has 1 aliphatic heterocycles. The fourth-order valence-corrected chi connectivity index (χ4v) is 4.20. The monoisotopic (exact) mass is 311 g/mol. The van der Waals surface area contributed by atoms with Gasteiger partial charge in [-0.15, -0.1) is 0 Å². The van der Waals surface area contributed by atoms with E-state index < -0.39 is 15.9 Å². The highest BCUT2D eigenvalue weighted by molar-refractivity contribution is 7.89. The van der Waals surface area contributed by atoms with Gasteiger partial charge in [-0.1, -0.05) is 13.8 Å². The lowest BCUT2D eigenvalue weighted by Crippen LogP contribution is -2.30. The molecule has 6 nitrogen and oxygen atoms in total. The minimum Gasteiger partial charge on any atom is -0.398 e. The SMILES string of the molecule is CC(C)C1CCN(S(=O)(=O)c2ccc(C(N)=O)cc2N)C1. The summed E-state index contributed by atoms with van der Waals surface area (Å²) in [4.78, 5) is 11.1. The summed E-state index contributed by atoms with van der Waals surface area (Å²) in [5, 5.41) is 0. The molecule has 1 aromatic rings. The molecule has 1 unspecified atom stereocenters. The maximum Gasteiger partial charge on any atom is 0.248 e. The molecule has 21 heavy (non-hydrogen) atoms. The Kier molecular flexibility index (Phi) is 4.25. The summed E-state index contributed by atoms with van der Waals surface area (Å²) in [6.07, 6.45) is 0.857. The number of nitrogen functional groups attached to an aromatic ring is 1. The van der Waals surface area contributed by atoms with Crippen molar-refractivity contribution in [2.75, 3.05) is 18.8 Å². The first-order valence-electron chi connectivity index (χ1n) is 6.93. The molecule has 1 aromatic carbocycles. The van der Waals surface area contributed by atoms with Crippen molar-refractivity contribution in [2.24, 2.45) is 17.6 Å². The summed E-state index contributed by atoms with van der Waals surface area (Å²) >= 11 is 0. The standard InChI is InChI=1S/C14H21N3O3S/c1-9(2)11-5-6-17(8-11)21(19,20)13-4-3-10(14(16)18)7-12(13)15/h3-4,7,9,11H,5-6,8,15H2,1-2H3,(H2,16,18). The Morgan fingerprint density at radius 1 is 1.38 bits per heavy atom. The van der Waals surface area contributed by atoms with Gasteiger partial charge in [-0.25, -0.2) is 8.42 Å². The van der Waals surface area contributed by atoms with Gasteiger partial charge in [-0.2, -0.15) is 4.31 Å². The molecule has 1 atom stereocenters. The number of primary amides is 1. The predicted molar refractivity (Wildman–Crippen MR) is 81.1 cm³/mol. The van der Waals surface area contributed by atoms with E-state index in [2.05, 4.69) is 13.8 Å². The number of nitrogens with zero attached hydrogens (tertiary/aromatic N) is 1. The number of rotatable bonds is 4. The van der Waals surface area contributed by atoms with E-state index in [4.69, 9.17) is 11.5 Å². The van der Waals surface area contributed by atoms with Crippen molar-refractivity contribution in [3.05, 3.63) is 23.8 Å². The molecular weight excluding hydrogens is 290 g/mol. The number of carbonyl (C=O) groups is 1. The number of hydrogen-bond acceptors (Lipinski definition) is 4. The average Bonchev–Trinajstić information content (AvgIpc) is 2.88. The number of sulfonamides is 1. The third kappa shape index (κ3) is 3.03. The number of amides is 1. The van der Waals surface area contributed by atoms with Gasteiger partial charge in [0.2, 0.25) is 15.9 Å². The Labute approximate surface area is 125 Å². The molecule has 4 N–H and O–H groups in total. The lowest BCUT2D eigenvalue weighted by atomic mass is 9.96. The summed E-state index contributed by atoms with van der Waals surface area (Å²) < 4.78 is 26.7. The highest BCUT2D eigenvalue weighted by Gasteiger charge is 2.34. The Balaban J connectivity index is 2.31. The van der Waals surface area contributed by atoms with E-state index in [1.165, 1.54) is 22.5 Å². The van der Waals surface area contributed by atoms with Crippen LogP contribution in [0.4, 0.5) is 5.69 Å². The molecule has 1 heterocycles. The number of benzene rings is 1. The van der Waals surface area contributed by atoms with Gasteiger partial charge in [0.25, 0.3) is 0 Å². The van der Waals surface area contributed by atoms with Crippen LogP contribution in [-0.4, -0.2) is 31.7 Å².